The van der Waals surface area contributed by atoms with Crippen molar-refractivity contribution in [1.82, 2.24) is 4.90 Å². The first-order valence-corrected chi connectivity index (χ1v) is 10.7. The Balaban J connectivity index is 1.98. The number of amides is 1. The smallest absolute Gasteiger partial charge is 0.444 e. The Bertz CT molecular complexity index is 850. The van der Waals surface area contributed by atoms with Crippen LogP contribution in [-0.4, -0.2) is 54.7 Å². The number of carbonyl (C=O) groups excluding carboxylic acids is 1. The van der Waals surface area contributed by atoms with E-state index < -0.39 is 47.8 Å². The summed E-state index contributed by atoms with van der Waals surface area (Å²) in [5, 5.41) is 0. The van der Waals surface area contributed by atoms with E-state index in [0.29, 0.717) is 0 Å². The Morgan fingerprint density at radius 3 is 2.25 bits per heavy atom. The molecule has 1 amide bonds. The molecule has 1 unspecified atom stereocenters. The summed E-state index contributed by atoms with van der Waals surface area (Å²) in [6, 6.07) is 3.04. The second kappa shape index (κ2) is 8.22. The highest BCUT2D eigenvalue weighted by atomic mass is 19.4. The largest absolute Gasteiger partial charge is 0.494 e. The van der Waals surface area contributed by atoms with Crippen LogP contribution in [0.25, 0.3) is 0 Å². The molecule has 178 valence electrons. The van der Waals surface area contributed by atoms with Crippen molar-refractivity contribution in [3.8, 4) is 0 Å². The van der Waals surface area contributed by atoms with E-state index in [9.17, 15) is 18.0 Å². The quantitative estimate of drug-likeness (QED) is 0.620. The maximum atomic E-state index is 14.1. The zero-order valence-electron chi connectivity index (χ0n) is 19.6. The van der Waals surface area contributed by atoms with Crippen LogP contribution < -0.4 is 5.46 Å². The van der Waals surface area contributed by atoms with Crippen LogP contribution in [0.4, 0.5) is 18.0 Å². The van der Waals surface area contributed by atoms with Crippen molar-refractivity contribution in [1.29, 1.82) is 0 Å². The van der Waals surface area contributed by atoms with E-state index in [1.165, 1.54) is 11.0 Å². The highest BCUT2D eigenvalue weighted by Crippen LogP contribution is 2.39. The van der Waals surface area contributed by atoms with Crippen molar-refractivity contribution in [2.75, 3.05) is 19.8 Å². The number of hydrogen-bond donors (Lipinski definition) is 0. The van der Waals surface area contributed by atoms with Gasteiger partial charge in [0.25, 0.3) is 0 Å². The second-order valence-corrected chi connectivity index (χ2v) is 10.2. The van der Waals surface area contributed by atoms with Gasteiger partial charge in [-0.3, -0.25) is 4.90 Å². The van der Waals surface area contributed by atoms with Gasteiger partial charge in [0.2, 0.25) is 0 Å². The summed E-state index contributed by atoms with van der Waals surface area (Å²) in [5.74, 6) is 0. The third kappa shape index (κ3) is 5.07. The molecule has 6 nitrogen and oxygen atoms in total. The van der Waals surface area contributed by atoms with Gasteiger partial charge in [0.1, 0.15) is 5.60 Å². The van der Waals surface area contributed by atoms with Gasteiger partial charge in [-0.2, -0.15) is 13.2 Å². The summed E-state index contributed by atoms with van der Waals surface area (Å²) >= 11 is 0. The Morgan fingerprint density at radius 2 is 1.72 bits per heavy atom. The highest BCUT2D eigenvalue weighted by molar-refractivity contribution is 6.62. The number of hydrogen-bond acceptors (Lipinski definition) is 5. The van der Waals surface area contributed by atoms with E-state index in [1.54, 1.807) is 26.8 Å². The third-order valence-corrected chi connectivity index (χ3v) is 6.02. The summed E-state index contributed by atoms with van der Waals surface area (Å²) in [7, 11) is -0.931. The number of ether oxygens (including phenoxy) is 2. The van der Waals surface area contributed by atoms with Crippen LogP contribution in [0.5, 0.6) is 0 Å². The molecule has 32 heavy (non-hydrogen) atoms. The van der Waals surface area contributed by atoms with E-state index in [1.807, 2.05) is 27.7 Å². The van der Waals surface area contributed by atoms with Crippen molar-refractivity contribution < 1.29 is 36.7 Å². The minimum atomic E-state index is -4.65. The third-order valence-electron chi connectivity index (χ3n) is 6.02. The normalized spacial score (nSPS) is 23.4. The lowest BCUT2D eigenvalue weighted by atomic mass is 9.77. The minimum Gasteiger partial charge on any atom is -0.444 e. The van der Waals surface area contributed by atoms with E-state index in [-0.39, 0.29) is 30.8 Å². The van der Waals surface area contributed by atoms with Crippen LogP contribution in [0.15, 0.2) is 18.2 Å². The average molecular weight is 457 g/mol. The summed E-state index contributed by atoms with van der Waals surface area (Å²) < 4.78 is 65.0. The molecule has 0 spiro atoms. The van der Waals surface area contributed by atoms with Crippen molar-refractivity contribution in [3.63, 3.8) is 0 Å². The van der Waals surface area contributed by atoms with Gasteiger partial charge in [-0.25, -0.2) is 4.79 Å². The zero-order chi connectivity index (χ0) is 24.1. The summed E-state index contributed by atoms with van der Waals surface area (Å²) in [6.07, 6.45) is -5.32. The first-order valence-electron chi connectivity index (χ1n) is 10.7. The van der Waals surface area contributed by atoms with E-state index in [2.05, 4.69) is 0 Å². The molecule has 1 aromatic carbocycles. The lowest BCUT2D eigenvalue weighted by molar-refractivity contribution is -0.139. The molecule has 1 atom stereocenters. The van der Waals surface area contributed by atoms with Crippen LogP contribution in [0.3, 0.4) is 0 Å². The standard InChI is InChI=1S/C22H31BF3NO5/c1-19(2,3)30-18(28)27-10-11-29-13-17(27)15-9-8-14(12-16(15)22(24,25)26)23-31-20(4,5)21(6,7)32-23/h8-9,12,17H,10-11,13H2,1-7H3. The minimum absolute atomic E-state index is 0.0525. The van der Waals surface area contributed by atoms with Gasteiger partial charge in [-0.15, -0.1) is 0 Å². The fourth-order valence-electron chi connectivity index (χ4n) is 3.64. The number of benzene rings is 1. The SMILES string of the molecule is CC(C)(C)OC(=O)N1CCOCC1c1ccc(B2OC(C)(C)C(C)(C)O2)cc1C(F)(F)F. The topological polar surface area (TPSA) is 57.2 Å². The molecule has 0 bridgehead atoms. The molecular weight excluding hydrogens is 426 g/mol. The van der Waals surface area contributed by atoms with Crippen molar-refractivity contribution >= 4 is 18.7 Å². The molecule has 10 heteroatoms. The van der Waals surface area contributed by atoms with Gasteiger partial charge in [0.15, 0.2) is 0 Å². The van der Waals surface area contributed by atoms with Gasteiger partial charge in [-0.05, 0) is 65.6 Å². The summed E-state index contributed by atoms with van der Waals surface area (Å²) in [5.41, 5.74) is -2.77. The first kappa shape index (κ1) is 24.9. The molecule has 0 radical (unpaired) electrons. The molecule has 1 aromatic rings. The Kier molecular flexibility index (Phi) is 6.38. The summed E-state index contributed by atoms with van der Waals surface area (Å²) in [4.78, 5) is 14.0. The highest BCUT2D eigenvalue weighted by Gasteiger charge is 2.52. The lowest BCUT2D eigenvalue weighted by Gasteiger charge is -2.37. The Morgan fingerprint density at radius 1 is 1.12 bits per heavy atom. The zero-order valence-corrected chi connectivity index (χ0v) is 19.6. The monoisotopic (exact) mass is 457 g/mol. The van der Waals surface area contributed by atoms with Crippen LogP contribution in [0, 0.1) is 0 Å². The average Bonchev–Trinajstić information content (AvgIpc) is 2.86. The Hall–Kier alpha value is -1.78. The number of rotatable bonds is 2. The first-order chi connectivity index (χ1) is 14.5. The maximum absolute atomic E-state index is 14.1. The molecule has 0 saturated carbocycles. The second-order valence-electron chi connectivity index (χ2n) is 10.2. The van der Waals surface area contributed by atoms with Gasteiger partial charge in [0.05, 0.1) is 36.0 Å². The van der Waals surface area contributed by atoms with Gasteiger partial charge >= 0.3 is 19.4 Å². The Labute approximate surface area is 187 Å². The molecule has 0 N–H and O–H groups in total. The van der Waals surface area contributed by atoms with Crippen LogP contribution in [0.2, 0.25) is 0 Å². The lowest BCUT2D eigenvalue weighted by Crippen LogP contribution is -2.46. The molecule has 0 aromatic heterocycles. The molecule has 2 aliphatic rings. The molecule has 2 heterocycles. The number of morpholine rings is 1. The fourth-order valence-corrected chi connectivity index (χ4v) is 3.64. The van der Waals surface area contributed by atoms with E-state index in [4.69, 9.17) is 18.8 Å². The van der Waals surface area contributed by atoms with Crippen molar-refractivity contribution in [3.05, 3.63) is 29.3 Å². The van der Waals surface area contributed by atoms with Gasteiger partial charge in [-0.1, -0.05) is 12.1 Å². The number of halogens is 3. The predicted octanol–water partition coefficient (Wildman–Crippen LogP) is 4.31. The number of alkyl halides is 3. The number of carbonyl (C=O) groups is 1. The van der Waals surface area contributed by atoms with E-state index in [0.717, 1.165) is 6.07 Å². The molecule has 0 aliphatic carbocycles. The van der Waals surface area contributed by atoms with E-state index >= 15 is 0 Å². The molecule has 2 saturated heterocycles. The molecular formula is C22H31BF3NO5. The van der Waals surface area contributed by atoms with Crippen molar-refractivity contribution in [2.24, 2.45) is 0 Å². The molecule has 2 fully saturated rings. The molecule has 3 rings (SSSR count). The summed E-state index contributed by atoms with van der Waals surface area (Å²) in [6.45, 7) is 12.8. The van der Waals surface area contributed by atoms with Crippen LogP contribution in [0.1, 0.15) is 65.6 Å². The number of nitrogens with zero attached hydrogens (tertiary/aromatic N) is 1. The maximum Gasteiger partial charge on any atom is 0.494 e. The fraction of sp³-hybridized carbons (Fsp3) is 0.682. The predicted molar refractivity (Wildman–Crippen MR) is 114 cm³/mol. The van der Waals surface area contributed by atoms with Crippen molar-refractivity contribution in [2.45, 2.75) is 77.5 Å². The van der Waals surface area contributed by atoms with Gasteiger partial charge < -0.3 is 18.8 Å². The van der Waals surface area contributed by atoms with Crippen LogP contribution >= 0.6 is 0 Å². The van der Waals surface area contributed by atoms with Crippen LogP contribution in [-0.2, 0) is 25.0 Å². The van der Waals surface area contributed by atoms with Gasteiger partial charge in [0, 0.05) is 6.54 Å². The molecule has 2 aliphatic heterocycles.